The van der Waals surface area contributed by atoms with Gasteiger partial charge in [0.15, 0.2) is 6.29 Å². The molecule has 0 unspecified atom stereocenters. The largest absolute Gasteiger partial charge is 0.445 e. The Balaban J connectivity index is 1.16. The monoisotopic (exact) mass is 661 g/mol. The van der Waals surface area contributed by atoms with E-state index >= 15 is 0 Å². The fraction of sp³-hybridized carbons (Fsp3) is 0.341. The molecule has 0 bridgehead atoms. The summed E-state index contributed by atoms with van der Waals surface area (Å²) in [4.78, 5) is 17.1. The third-order valence-electron chi connectivity index (χ3n) is 9.54. The number of carbonyl (C=O) groups is 1. The lowest BCUT2D eigenvalue weighted by atomic mass is 9.89. The van der Waals surface area contributed by atoms with E-state index in [2.05, 4.69) is 101 Å². The Morgan fingerprint density at radius 3 is 2.24 bits per heavy atom. The predicted octanol–water partition coefficient (Wildman–Crippen LogP) is 6.87. The van der Waals surface area contributed by atoms with E-state index in [1.165, 1.54) is 5.56 Å². The molecule has 49 heavy (non-hydrogen) atoms. The smallest absolute Gasteiger partial charge is 0.407 e. The molecule has 2 N–H and O–H groups in total. The number of hydrogen-bond donors (Lipinski definition) is 2. The van der Waals surface area contributed by atoms with E-state index in [0.717, 1.165) is 72.6 Å². The molecule has 0 spiro atoms. The second-order valence-corrected chi connectivity index (χ2v) is 12.9. The van der Waals surface area contributed by atoms with Crippen LogP contribution in [0.5, 0.6) is 0 Å². The summed E-state index contributed by atoms with van der Waals surface area (Å²) in [6, 6.07) is 35.1. The average molecular weight is 662 g/mol. The molecule has 8 heteroatoms. The van der Waals surface area contributed by atoms with E-state index in [4.69, 9.17) is 14.2 Å². The Bertz CT molecular complexity index is 1640. The zero-order valence-electron chi connectivity index (χ0n) is 28.2. The molecule has 0 saturated carbocycles. The number of ether oxygens (including phenoxy) is 3. The maximum atomic E-state index is 12.0. The molecule has 256 valence electrons. The maximum absolute atomic E-state index is 12.0. The number of hydrogen-bond acceptors (Lipinski definition) is 7. The van der Waals surface area contributed by atoms with Crippen molar-refractivity contribution in [2.45, 2.75) is 45.1 Å². The normalized spacial score (nSPS) is 21.6. The molecular formula is C41H47N3O5. The number of carbonyl (C=O) groups excluding carboxylic acids is 1. The van der Waals surface area contributed by atoms with E-state index in [1.54, 1.807) is 6.08 Å². The topological polar surface area (TPSA) is 83.5 Å². The van der Waals surface area contributed by atoms with Gasteiger partial charge in [0.2, 0.25) is 0 Å². The van der Waals surface area contributed by atoms with Gasteiger partial charge in [-0.15, -0.1) is 0 Å². The lowest BCUT2D eigenvalue weighted by molar-refractivity contribution is -0.276. The van der Waals surface area contributed by atoms with Gasteiger partial charge in [-0.1, -0.05) is 123 Å². The SMILES string of the molecule is C=CCOC(=O)NCc1ccccc1-c1ccc([C@H]2O[C@@H](CN3CCN(Cc4ccccc4)CC3)[C@@H](C)[C@@H](c3ccc(CO)cc3)O2)cc1. The van der Waals surface area contributed by atoms with Gasteiger partial charge in [-0.3, -0.25) is 9.80 Å². The fourth-order valence-corrected chi connectivity index (χ4v) is 6.68. The Labute approximate surface area is 289 Å². The minimum absolute atomic E-state index is 0.0108. The van der Waals surface area contributed by atoms with Crippen LogP contribution in [0.2, 0.25) is 0 Å². The highest BCUT2D eigenvalue weighted by Crippen LogP contribution is 2.42. The van der Waals surface area contributed by atoms with Crippen LogP contribution >= 0.6 is 0 Å². The van der Waals surface area contributed by atoms with Crippen molar-refractivity contribution in [3.8, 4) is 11.1 Å². The van der Waals surface area contributed by atoms with Gasteiger partial charge in [-0.25, -0.2) is 4.79 Å². The molecule has 4 atom stereocenters. The Morgan fingerprint density at radius 1 is 0.857 bits per heavy atom. The lowest BCUT2D eigenvalue weighted by Gasteiger charge is -2.44. The second-order valence-electron chi connectivity index (χ2n) is 12.9. The summed E-state index contributed by atoms with van der Waals surface area (Å²) >= 11 is 0. The molecule has 4 aromatic rings. The zero-order chi connectivity index (χ0) is 34.0. The van der Waals surface area contributed by atoms with E-state index in [-0.39, 0.29) is 31.3 Å². The highest BCUT2D eigenvalue weighted by atomic mass is 16.7. The zero-order valence-corrected chi connectivity index (χ0v) is 28.2. The Kier molecular flexibility index (Phi) is 11.9. The van der Waals surface area contributed by atoms with Crippen molar-refractivity contribution in [1.29, 1.82) is 0 Å². The summed E-state index contributed by atoms with van der Waals surface area (Å²) in [5.41, 5.74) is 7.32. The van der Waals surface area contributed by atoms with E-state index in [0.29, 0.717) is 6.54 Å². The minimum Gasteiger partial charge on any atom is -0.445 e. The molecule has 2 aliphatic rings. The van der Waals surface area contributed by atoms with Crippen LogP contribution in [0.15, 0.2) is 116 Å². The Morgan fingerprint density at radius 2 is 1.53 bits per heavy atom. The first-order chi connectivity index (χ1) is 24.0. The molecule has 0 aliphatic carbocycles. The van der Waals surface area contributed by atoms with Crippen LogP contribution in [0.3, 0.4) is 0 Å². The number of nitrogens with one attached hydrogen (secondary N) is 1. The number of alkyl carbamates (subject to hydrolysis) is 1. The molecule has 4 aromatic carbocycles. The van der Waals surface area contributed by atoms with Crippen LogP contribution in [-0.4, -0.2) is 66.4 Å². The lowest BCUT2D eigenvalue weighted by Crippen LogP contribution is -2.51. The van der Waals surface area contributed by atoms with Gasteiger partial charge in [0.1, 0.15) is 6.61 Å². The standard InChI is InChI=1S/C41H47N3O5/c1-3-25-47-41(46)42-26-36-11-7-8-12-37(36)33-17-19-35(20-18-33)40-48-38(30(2)39(49-40)34-15-13-32(29-45)14-16-34)28-44-23-21-43(22-24-44)27-31-9-5-4-6-10-31/h3-20,30,38-40,45H,1,21-29H2,2H3,(H,42,46)/t30-,38+,39+,40+/m1/s1. The van der Waals surface area contributed by atoms with Gasteiger partial charge in [0.25, 0.3) is 0 Å². The van der Waals surface area contributed by atoms with Crippen LogP contribution in [0, 0.1) is 5.92 Å². The maximum Gasteiger partial charge on any atom is 0.407 e. The Hall–Kier alpha value is -4.31. The average Bonchev–Trinajstić information content (AvgIpc) is 3.15. The molecule has 8 nitrogen and oxygen atoms in total. The van der Waals surface area contributed by atoms with E-state index in [9.17, 15) is 9.90 Å². The first-order valence-corrected chi connectivity index (χ1v) is 17.2. The van der Waals surface area contributed by atoms with Crippen molar-refractivity contribution < 1.29 is 24.1 Å². The van der Waals surface area contributed by atoms with Gasteiger partial charge in [0.05, 0.1) is 18.8 Å². The number of aliphatic hydroxyl groups is 1. The van der Waals surface area contributed by atoms with Crippen molar-refractivity contribution in [2.75, 3.05) is 39.3 Å². The minimum atomic E-state index is -0.534. The molecule has 2 aliphatic heterocycles. The van der Waals surface area contributed by atoms with Gasteiger partial charge in [0, 0.05) is 57.3 Å². The molecule has 1 amide bonds. The number of amides is 1. The first kappa shape index (κ1) is 34.5. The summed E-state index contributed by atoms with van der Waals surface area (Å²) < 4.78 is 18.6. The third kappa shape index (κ3) is 9.03. The summed E-state index contributed by atoms with van der Waals surface area (Å²) in [6.07, 6.45) is 0.335. The number of benzene rings is 4. The van der Waals surface area contributed by atoms with Crippen LogP contribution in [0.4, 0.5) is 4.79 Å². The van der Waals surface area contributed by atoms with Crippen molar-refractivity contribution >= 4 is 6.09 Å². The van der Waals surface area contributed by atoms with E-state index < -0.39 is 12.4 Å². The number of nitrogens with zero attached hydrogens (tertiary/aromatic N) is 2. The van der Waals surface area contributed by atoms with Crippen LogP contribution in [-0.2, 0) is 33.9 Å². The summed E-state index contributed by atoms with van der Waals surface area (Å²) in [6.45, 7) is 12.2. The highest BCUT2D eigenvalue weighted by molar-refractivity contribution is 5.70. The van der Waals surface area contributed by atoms with Gasteiger partial charge in [-0.05, 0) is 33.4 Å². The number of aliphatic hydroxyl groups excluding tert-OH is 1. The van der Waals surface area contributed by atoms with Crippen LogP contribution in [0.25, 0.3) is 11.1 Å². The summed E-state index contributed by atoms with van der Waals surface area (Å²) in [5.74, 6) is 0.121. The van der Waals surface area contributed by atoms with Crippen molar-refractivity contribution in [3.05, 3.63) is 144 Å². The summed E-state index contributed by atoms with van der Waals surface area (Å²) in [7, 11) is 0. The first-order valence-electron chi connectivity index (χ1n) is 17.2. The molecule has 6 rings (SSSR count). The molecule has 2 heterocycles. The van der Waals surface area contributed by atoms with Gasteiger partial charge < -0.3 is 24.6 Å². The quantitative estimate of drug-likeness (QED) is 0.161. The van der Waals surface area contributed by atoms with Crippen molar-refractivity contribution in [2.24, 2.45) is 5.92 Å². The highest BCUT2D eigenvalue weighted by Gasteiger charge is 2.39. The molecule has 2 saturated heterocycles. The van der Waals surface area contributed by atoms with Crippen molar-refractivity contribution in [3.63, 3.8) is 0 Å². The van der Waals surface area contributed by atoms with Crippen LogP contribution < -0.4 is 5.32 Å². The number of piperazine rings is 1. The van der Waals surface area contributed by atoms with Crippen molar-refractivity contribution in [1.82, 2.24) is 15.1 Å². The van der Waals surface area contributed by atoms with E-state index in [1.807, 2.05) is 30.3 Å². The fourth-order valence-electron chi connectivity index (χ4n) is 6.68. The van der Waals surface area contributed by atoms with Gasteiger partial charge >= 0.3 is 6.09 Å². The van der Waals surface area contributed by atoms with Gasteiger partial charge in [-0.2, -0.15) is 0 Å². The predicted molar refractivity (Wildman–Crippen MR) is 191 cm³/mol. The number of rotatable bonds is 12. The molecule has 2 fully saturated rings. The van der Waals surface area contributed by atoms with Crippen LogP contribution in [0.1, 0.15) is 47.1 Å². The summed E-state index contributed by atoms with van der Waals surface area (Å²) in [5, 5.41) is 12.4. The molecule has 0 aromatic heterocycles. The second kappa shape index (κ2) is 16.9. The molecular weight excluding hydrogens is 614 g/mol. The molecule has 0 radical (unpaired) electrons. The third-order valence-corrected chi connectivity index (χ3v) is 9.54.